The number of hydrogen-bond donors (Lipinski definition) is 1. The Hall–Kier alpha value is -1.29. The van der Waals surface area contributed by atoms with E-state index in [0.29, 0.717) is 12.0 Å². The molecule has 1 aromatic heterocycles. The van der Waals surface area contributed by atoms with E-state index in [2.05, 4.69) is 21.8 Å². The summed E-state index contributed by atoms with van der Waals surface area (Å²) in [5, 5.41) is 0. The Kier molecular flexibility index (Phi) is 2.24. The van der Waals surface area contributed by atoms with Crippen molar-refractivity contribution in [2.45, 2.75) is 12.5 Å². The number of likely N-dealkylation sites (tertiary alicyclic amines) is 2. The molecule has 0 radical (unpaired) electrons. The van der Waals surface area contributed by atoms with Crippen molar-refractivity contribution < 1.29 is 4.79 Å². The summed E-state index contributed by atoms with van der Waals surface area (Å²) < 4.78 is 0. The van der Waals surface area contributed by atoms with Crippen LogP contribution in [0.5, 0.6) is 0 Å². The number of nitrogens with one attached hydrogen (secondary N) is 1. The molecule has 16 heavy (non-hydrogen) atoms. The van der Waals surface area contributed by atoms with Crippen molar-refractivity contribution in [3.8, 4) is 0 Å². The van der Waals surface area contributed by atoms with Crippen LogP contribution in [0.15, 0.2) is 18.5 Å². The maximum Gasteiger partial charge on any atom is 0.255 e. The fourth-order valence-electron chi connectivity index (χ4n) is 3.05. The van der Waals surface area contributed by atoms with E-state index in [9.17, 15) is 4.79 Å². The monoisotopic (exact) mass is 219 g/mol. The van der Waals surface area contributed by atoms with Crippen molar-refractivity contribution in [2.24, 2.45) is 5.92 Å². The number of aromatic amines is 1. The van der Waals surface area contributed by atoms with E-state index in [4.69, 9.17) is 0 Å². The van der Waals surface area contributed by atoms with Crippen LogP contribution < -0.4 is 0 Å². The second-order valence-electron chi connectivity index (χ2n) is 4.94. The fourth-order valence-corrected chi connectivity index (χ4v) is 3.05. The molecule has 1 aromatic rings. The molecule has 2 saturated heterocycles. The standard InChI is InChI=1S/C12H17N3O/c1-14-7-10-3-5-15(11(10)8-14)12(16)9-2-4-13-6-9/h2,4,6,10-11,13H,3,5,7-8H2,1H3/t10-,11+/m0/s1. The molecule has 0 aromatic carbocycles. The lowest BCUT2D eigenvalue weighted by Crippen LogP contribution is -2.39. The molecule has 2 aliphatic heterocycles. The van der Waals surface area contributed by atoms with Gasteiger partial charge < -0.3 is 14.8 Å². The van der Waals surface area contributed by atoms with E-state index in [1.807, 2.05) is 12.3 Å². The molecule has 0 unspecified atom stereocenters. The molecule has 3 rings (SSSR count). The number of nitrogens with zero attached hydrogens (tertiary/aromatic N) is 2. The quantitative estimate of drug-likeness (QED) is 0.758. The van der Waals surface area contributed by atoms with Crippen molar-refractivity contribution in [1.29, 1.82) is 0 Å². The van der Waals surface area contributed by atoms with Gasteiger partial charge in [-0.25, -0.2) is 0 Å². The summed E-state index contributed by atoms with van der Waals surface area (Å²) in [5.74, 6) is 0.872. The van der Waals surface area contributed by atoms with Crippen LogP contribution in [-0.2, 0) is 0 Å². The number of fused-ring (bicyclic) bond motifs is 1. The Morgan fingerprint density at radius 1 is 1.50 bits per heavy atom. The van der Waals surface area contributed by atoms with Crippen molar-refractivity contribution in [1.82, 2.24) is 14.8 Å². The molecule has 2 atom stereocenters. The van der Waals surface area contributed by atoms with Crippen LogP contribution in [0.2, 0.25) is 0 Å². The molecule has 0 bridgehead atoms. The van der Waals surface area contributed by atoms with Gasteiger partial charge in [-0.15, -0.1) is 0 Å². The Balaban J connectivity index is 1.79. The molecule has 1 amide bonds. The van der Waals surface area contributed by atoms with Crippen LogP contribution in [0.3, 0.4) is 0 Å². The summed E-state index contributed by atoms with van der Waals surface area (Å²) in [5.41, 5.74) is 0.787. The zero-order chi connectivity index (χ0) is 11.1. The number of carbonyl (C=O) groups excluding carboxylic acids is 1. The van der Waals surface area contributed by atoms with Crippen LogP contribution in [0.1, 0.15) is 16.8 Å². The van der Waals surface area contributed by atoms with Gasteiger partial charge in [0.25, 0.3) is 5.91 Å². The van der Waals surface area contributed by atoms with E-state index < -0.39 is 0 Å². The summed E-state index contributed by atoms with van der Waals surface area (Å²) >= 11 is 0. The van der Waals surface area contributed by atoms with Gasteiger partial charge in [-0.2, -0.15) is 0 Å². The minimum absolute atomic E-state index is 0.184. The summed E-state index contributed by atoms with van der Waals surface area (Å²) in [6.07, 6.45) is 4.75. The first-order valence-electron chi connectivity index (χ1n) is 5.88. The smallest absolute Gasteiger partial charge is 0.255 e. The second-order valence-corrected chi connectivity index (χ2v) is 4.94. The van der Waals surface area contributed by atoms with Crippen molar-refractivity contribution in [3.63, 3.8) is 0 Å². The van der Waals surface area contributed by atoms with Gasteiger partial charge in [-0.05, 0) is 25.5 Å². The lowest BCUT2D eigenvalue weighted by molar-refractivity contribution is 0.0730. The third-order valence-corrected chi connectivity index (χ3v) is 3.84. The molecule has 4 heteroatoms. The van der Waals surface area contributed by atoms with Crippen LogP contribution in [-0.4, -0.2) is 53.4 Å². The molecule has 0 aliphatic carbocycles. The number of carbonyl (C=O) groups is 1. The van der Waals surface area contributed by atoms with Crippen LogP contribution in [0.25, 0.3) is 0 Å². The lowest BCUT2D eigenvalue weighted by Gasteiger charge is -2.23. The first-order chi connectivity index (χ1) is 7.75. The van der Waals surface area contributed by atoms with E-state index in [0.717, 1.165) is 31.6 Å². The topological polar surface area (TPSA) is 39.3 Å². The van der Waals surface area contributed by atoms with Gasteiger partial charge >= 0.3 is 0 Å². The van der Waals surface area contributed by atoms with Crippen molar-refractivity contribution >= 4 is 5.91 Å². The second kappa shape index (κ2) is 3.63. The summed E-state index contributed by atoms with van der Waals surface area (Å²) in [6, 6.07) is 2.29. The van der Waals surface area contributed by atoms with E-state index >= 15 is 0 Å². The minimum Gasteiger partial charge on any atom is -0.367 e. The van der Waals surface area contributed by atoms with Crippen LogP contribution in [0, 0.1) is 5.92 Å². The predicted molar refractivity (Wildman–Crippen MR) is 61.2 cm³/mol. The first-order valence-corrected chi connectivity index (χ1v) is 5.88. The zero-order valence-electron chi connectivity index (χ0n) is 9.52. The first kappa shape index (κ1) is 9.90. The third kappa shape index (κ3) is 1.45. The van der Waals surface area contributed by atoms with Gasteiger partial charge in [-0.3, -0.25) is 4.79 Å². The molecule has 1 N–H and O–H groups in total. The average Bonchev–Trinajstić information content (AvgIpc) is 2.90. The number of hydrogen-bond acceptors (Lipinski definition) is 2. The van der Waals surface area contributed by atoms with E-state index in [1.165, 1.54) is 0 Å². The van der Waals surface area contributed by atoms with E-state index in [1.54, 1.807) is 6.20 Å². The maximum atomic E-state index is 12.2. The van der Waals surface area contributed by atoms with Crippen LogP contribution >= 0.6 is 0 Å². The number of aromatic nitrogens is 1. The highest BCUT2D eigenvalue weighted by Crippen LogP contribution is 2.31. The average molecular weight is 219 g/mol. The van der Waals surface area contributed by atoms with Gasteiger partial charge in [0, 0.05) is 38.1 Å². The highest BCUT2D eigenvalue weighted by atomic mass is 16.2. The number of H-pyrrole nitrogens is 1. The maximum absolute atomic E-state index is 12.2. The van der Waals surface area contributed by atoms with Crippen molar-refractivity contribution in [2.75, 3.05) is 26.7 Å². The molecular formula is C12H17N3O. The summed E-state index contributed by atoms with van der Waals surface area (Å²) in [7, 11) is 2.14. The molecule has 2 aliphatic rings. The van der Waals surface area contributed by atoms with Gasteiger partial charge in [-0.1, -0.05) is 0 Å². The van der Waals surface area contributed by atoms with Gasteiger partial charge in [0.15, 0.2) is 0 Å². The molecule has 3 heterocycles. The predicted octanol–water partition coefficient (Wildman–Crippen LogP) is 0.791. The largest absolute Gasteiger partial charge is 0.367 e. The highest BCUT2D eigenvalue weighted by molar-refractivity contribution is 5.94. The number of rotatable bonds is 1. The number of amides is 1. The fraction of sp³-hybridized carbons (Fsp3) is 0.583. The molecule has 86 valence electrons. The Morgan fingerprint density at radius 3 is 3.12 bits per heavy atom. The normalized spacial score (nSPS) is 29.7. The van der Waals surface area contributed by atoms with Crippen molar-refractivity contribution in [3.05, 3.63) is 24.0 Å². The summed E-state index contributed by atoms with van der Waals surface area (Å²) in [4.78, 5) is 19.6. The van der Waals surface area contributed by atoms with Gasteiger partial charge in [0.1, 0.15) is 0 Å². The summed E-state index contributed by atoms with van der Waals surface area (Å²) in [6.45, 7) is 3.09. The zero-order valence-corrected chi connectivity index (χ0v) is 9.52. The third-order valence-electron chi connectivity index (χ3n) is 3.84. The van der Waals surface area contributed by atoms with Gasteiger partial charge in [0.2, 0.25) is 0 Å². The van der Waals surface area contributed by atoms with E-state index in [-0.39, 0.29) is 5.91 Å². The van der Waals surface area contributed by atoms with Crippen LogP contribution in [0.4, 0.5) is 0 Å². The molecule has 4 nitrogen and oxygen atoms in total. The minimum atomic E-state index is 0.184. The van der Waals surface area contributed by atoms with Gasteiger partial charge in [0.05, 0.1) is 5.56 Å². The molecule has 0 saturated carbocycles. The Bertz CT molecular complexity index is 387. The number of likely N-dealkylation sites (N-methyl/N-ethyl adjacent to an activating group) is 1. The lowest BCUT2D eigenvalue weighted by atomic mass is 10.1. The SMILES string of the molecule is CN1C[C@@H]2CCN(C(=O)c3cc[nH]c3)[C@@H]2C1. The molecular weight excluding hydrogens is 202 g/mol. The molecule has 2 fully saturated rings. The highest BCUT2D eigenvalue weighted by Gasteiger charge is 2.42. The Morgan fingerprint density at radius 2 is 2.38 bits per heavy atom. The molecule has 0 spiro atoms. The Labute approximate surface area is 95.2 Å².